The number of hydrogen-bond acceptors (Lipinski definition) is 2. The predicted octanol–water partition coefficient (Wildman–Crippen LogP) is 2.06. The summed E-state index contributed by atoms with van der Waals surface area (Å²) >= 11 is 0. The standard InChI is InChI=1S/C12H18NO2/c1-5-15-12(14)10-6-8-11(9-7-10)13(2,3)4/h6-9H,5H2,1-4H3/q+1. The molecule has 0 bridgehead atoms. The molecule has 0 fully saturated rings. The Labute approximate surface area is 90.9 Å². The van der Waals surface area contributed by atoms with Gasteiger partial charge in [0.05, 0.1) is 33.3 Å². The Bertz CT molecular complexity index is 336. The van der Waals surface area contributed by atoms with Crippen LogP contribution in [-0.2, 0) is 4.74 Å². The normalized spacial score (nSPS) is 11.2. The first-order valence-electron chi connectivity index (χ1n) is 5.04. The topological polar surface area (TPSA) is 26.3 Å². The molecule has 3 heteroatoms. The predicted molar refractivity (Wildman–Crippen MR) is 62.0 cm³/mol. The lowest BCUT2D eigenvalue weighted by molar-refractivity contribution is 0.0526. The van der Waals surface area contributed by atoms with Crippen LogP contribution in [0.1, 0.15) is 17.3 Å². The van der Waals surface area contributed by atoms with Gasteiger partial charge in [0.15, 0.2) is 0 Å². The molecular formula is C12H18NO2+. The number of benzene rings is 1. The molecule has 15 heavy (non-hydrogen) atoms. The first-order chi connectivity index (χ1) is 6.95. The smallest absolute Gasteiger partial charge is 0.338 e. The monoisotopic (exact) mass is 208 g/mol. The van der Waals surface area contributed by atoms with E-state index in [1.165, 1.54) is 0 Å². The number of quaternary nitrogens is 1. The number of rotatable bonds is 3. The third-order valence-electron chi connectivity index (χ3n) is 2.15. The quantitative estimate of drug-likeness (QED) is 0.561. The number of hydrogen-bond donors (Lipinski definition) is 0. The van der Waals surface area contributed by atoms with Gasteiger partial charge < -0.3 is 4.74 Å². The van der Waals surface area contributed by atoms with Crippen LogP contribution in [0.25, 0.3) is 0 Å². The average molecular weight is 208 g/mol. The van der Waals surface area contributed by atoms with Crippen molar-refractivity contribution in [2.45, 2.75) is 6.92 Å². The molecule has 1 aromatic rings. The van der Waals surface area contributed by atoms with Gasteiger partial charge in [-0.2, -0.15) is 0 Å². The van der Waals surface area contributed by atoms with E-state index in [0.29, 0.717) is 12.2 Å². The molecule has 0 aliphatic carbocycles. The molecule has 1 rings (SSSR count). The molecule has 82 valence electrons. The summed E-state index contributed by atoms with van der Waals surface area (Å²) in [5, 5.41) is 0. The second kappa shape index (κ2) is 4.45. The van der Waals surface area contributed by atoms with Crippen molar-refractivity contribution in [2.75, 3.05) is 27.7 Å². The van der Waals surface area contributed by atoms with Crippen molar-refractivity contribution < 1.29 is 9.53 Å². The summed E-state index contributed by atoms with van der Waals surface area (Å²) in [6.07, 6.45) is 0. The molecule has 0 aromatic heterocycles. The fraction of sp³-hybridized carbons (Fsp3) is 0.417. The second-order valence-electron chi connectivity index (χ2n) is 4.28. The van der Waals surface area contributed by atoms with E-state index in [0.717, 1.165) is 10.2 Å². The summed E-state index contributed by atoms with van der Waals surface area (Å²) in [5.74, 6) is -0.259. The molecule has 0 heterocycles. The Hall–Kier alpha value is -1.35. The van der Waals surface area contributed by atoms with Gasteiger partial charge >= 0.3 is 5.97 Å². The molecule has 1 aromatic carbocycles. The van der Waals surface area contributed by atoms with Crippen molar-refractivity contribution >= 4 is 11.7 Å². The van der Waals surface area contributed by atoms with Crippen LogP contribution < -0.4 is 4.48 Å². The Morgan fingerprint density at radius 1 is 1.20 bits per heavy atom. The number of carbonyl (C=O) groups is 1. The van der Waals surface area contributed by atoms with Gasteiger partial charge in [0.1, 0.15) is 5.69 Å². The molecule has 0 atom stereocenters. The molecule has 0 amide bonds. The van der Waals surface area contributed by atoms with Crippen LogP contribution in [0.5, 0.6) is 0 Å². The average Bonchev–Trinajstić information content (AvgIpc) is 2.17. The summed E-state index contributed by atoms with van der Waals surface area (Å²) < 4.78 is 5.65. The number of nitrogens with zero attached hydrogens (tertiary/aromatic N) is 1. The van der Waals surface area contributed by atoms with Crippen LogP contribution in [0.15, 0.2) is 24.3 Å². The van der Waals surface area contributed by atoms with Crippen LogP contribution in [0.4, 0.5) is 5.69 Å². The first kappa shape index (κ1) is 11.7. The van der Waals surface area contributed by atoms with Crippen molar-refractivity contribution in [1.29, 1.82) is 0 Å². The molecule has 0 aliphatic heterocycles. The van der Waals surface area contributed by atoms with E-state index < -0.39 is 0 Å². The fourth-order valence-corrected chi connectivity index (χ4v) is 1.26. The Morgan fingerprint density at radius 3 is 2.13 bits per heavy atom. The maximum absolute atomic E-state index is 11.4. The maximum Gasteiger partial charge on any atom is 0.338 e. The Balaban J connectivity index is 2.86. The van der Waals surface area contributed by atoms with Gasteiger partial charge in [-0.3, -0.25) is 4.48 Å². The largest absolute Gasteiger partial charge is 0.462 e. The lowest BCUT2D eigenvalue weighted by Gasteiger charge is -2.23. The van der Waals surface area contributed by atoms with Crippen molar-refractivity contribution in [1.82, 2.24) is 4.48 Å². The minimum Gasteiger partial charge on any atom is -0.462 e. The zero-order valence-corrected chi connectivity index (χ0v) is 9.78. The third kappa shape index (κ3) is 3.06. The number of esters is 1. The zero-order valence-electron chi connectivity index (χ0n) is 9.78. The van der Waals surface area contributed by atoms with Crippen LogP contribution in [0.3, 0.4) is 0 Å². The molecule has 0 aliphatic rings. The SMILES string of the molecule is CCOC(=O)c1ccc([N+](C)(C)C)cc1. The van der Waals surface area contributed by atoms with E-state index in [9.17, 15) is 4.79 Å². The molecule has 0 saturated heterocycles. The molecule has 0 radical (unpaired) electrons. The summed E-state index contributed by atoms with van der Waals surface area (Å²) in [6.45, 7) is 2.22. The highest BCUT2D eigenvalue weighted by atomic mass is 16.5. The van der Waals surface area contributed by atoms with Crippen molar-refractivity contribution in [3.05, 3.63) is 29.8 Å². The minimum atomic E-state index is -0.259. The molecule has 0 unspecified atom stereocenters. The summed E-state index contributed by atoms with van der Waals surface area (Å²) in [4.78, 5) is 11.4. The molecule has 0 saturated carbocycles. The van der Waals surface area contributed by atoms with E-state index in [1.54, 1.807) is 19.1 Å². The van der Waals surface area contributed by atoms with Gasteiger partial charge in [-0.1, -0.05) is 0 Å². The lowest BCUT2D eigenvalue weighted by Crippen LogP contribution is -2.34. The molecule has 3 nitrogen and oxygen atoms in total. The van der Waals surface area contributed by atoms with Gasteiger partial charge in [0.25, 0.3) is 0 Å². The Morgan fingerprint density at radius 2 is 1.73 bits per heavy atom. The van der Waals surface area contributed by atoms with Gasteiger partial charge in [-0.25, -0.2) is 4.79 Å². The van der Waals surface area contributed by atoms with Crippen molar-refractivity contribution in [3.63, 3.8) is 0 Å². The lowest BCUT2D eigenvalue weighted by atomic mass is 10.2. The highest BCUT2D eigenvalue weighted by Gasteiger charge is 2.13. The van der Waals surface area contributed by atoms with Gasteiger partial charge in [0.2, 0.25) is 0 Å². The van der Waals surface area contributed by atoms with E-state index in [-0.39, 0.29) is 5.97 Å². The summed E-state index contributed by atoms with van der Waals surface area (Å²) in [7, 11) is 6.25. The summed E-state index contributed by atoms with van der Waals surface area (Å²) in [6, 6.07) is 7.51. The van der Waals surface area contributed by atoms with Crippen LogP contribution in [0, 0.1) is 0 Å². The van der Waals surface area contributed by atoms with Crippen LogP contribution in [-0.4, -0.2) is 33.7 Å². The molecule has 0 spiro atoms. The molecule has 0 N–H and O–H groups in total. The highest BCUT2D eigenvalue weighted by Crippen LogP contribution is 2.17. The maximum atomic E-state index is 11.4. The Kier molecular flexibility index (Phi) is 3.48. The fourth-order valence-electron chi connectivity index (χ4n) is 1.26. The summed E-state index contributed by atoms with van der Waals surface area (Å²) in [5.41, 5.74) is 1.76. The molecular weight excluding hydrogens is 190 g/mol. The minimum absolute atomic E-state index is 0.259. The zero-order chi connectivity index (χ0) is 11.5. The van der Waals surface area contributed by atoms with Crippen LogP contribution in [0.2, 0.25) is 0 Å². The van der Waals surface area contributed by atoms with Gasteiger partial charge in [0, 0.05) is 0 Å². The van der Waals surface area contributed by atoms with E-state index in [1.807, 2.05) is 12.1 Å². The van der Waals surface area contributed by atoms with E-state index >= 15 is 0 Å². The third-order valence-corrected chi connectivity index (χ3v) is 2.15. The van der Waals surface area contributed by atoms with Crippen molar-refractivity contribution in [3.8, 4) is 0 Å². The van der Waals surface area contributed by atoms with E-state index in [4.69, 9.17) is 4.74 Å². The first-order valence-corrected chi connectivity index (χ1v) is 5.04. The van der Waals surface area contributed by atoms with Gasteiger partial charge in [-0.05, 0) is 31.2 Å². The van der Waals surface area contributed by atoms with E-state index in [2.05, 4.69) is 21.1 Å². The number of ether oxygens (including phenoxy) is 1. The van der Waals surface area contributed by atoms with Gasteiger partial charge in [-0.15, -0.1) is 0 Å². The second-order valence-corrected chi connectivity index (χ2v) is 4.28. The number of carbonyl (C=O) groups excluding carboxylic acids is 1. The van der Waals surface area contributed by atoms with Crippen LogP contribution >= 0.6 is 0 Å². The van der Waals surface area contributed by atoms with Crippen molar-refractivity contribution in [2.24, 2.45) is 0 Å². The highest BCUT2D eigenvalue weighted by molar-refractivity contribution is 5.89.